The summed E-state index contributed by atoms with van der Waals surface area (Å²) in [6.45, 7) is 2.78. The van der Waals surface area contributed by atoms with Gasteiger partial charge in [-0.2, -0.15) is 0 Å². The molecule has 2 rings (SSSR count). The predicted octanol–water partition coefficient (Wildman–Crippen LogP) is 3.25. The average molecular weight is 298 g/mol. The number of hydrogen-bond acceptors (Lipinski definition) is 4. The Labute approximate surface area is 107 Å². The Morgan fingerprint density at radius 1 is 1.38 bits per heavy atom. The number of halogens is 1. The van der Waals surface area contributed by atoms with Gasteiger partial charge in [-0.05, 0) is 35.0 Å². The van der Waals surface area contributed by atoms with Crippen molar-refractivity contribution < 1.29 is 0 Å². The minimum Gasteiger partial charge on any atom is -0.345 e. The second-order valence-electron chi connectivity index (χ2n) is 3.58. The first-order chi connectivity index (χ1) is 7.65. The van der Waals surface area contributed by atoms with Crippen LogP contribution in [0.15, 0.2) is 28.2 Å². The first-order valence-electron chi connectivity index (χ1n) is 4.90. The van der Waals surface area contributed by atoms with Crippen LogP contribution in [0.25, 0.3) is 0 Å². The van der Waals surface area contributed by atoms with Crippen LogP contribution in [-0.4, -0.2) is 17.0 Å². The Balaban J connectivity index is 2.10. The van der Waals surface area contributed by atoms with Gasteiger partial charge in [0, 0.05) is 18.1 Å². The highest BCUT2D eigenvalue weighted by Gasteiger charge is 2.07. The van der Waals surface area contributed by atoms with Crippen molar-refractivity contribution in [3.8, 4) is 0 Å². The van der Waals surface area contributed by atoms with Gasteiger partial charge in [-0.3, -0.25) is 4.98 Å². The fraction of sp³-hybridized carbons (Fsp3) is 0.273. The first kappa shape index (κ1) is 11.5. The molecule has 2 aromatic heterocycles. The minimum atomic E-state index is 0.779. The number of thiazole rings is 1. The van der Waals surface area contributed by atoms with Crippen LogP contribution >= 0.6 is 27.3 Å². The zero-order chi connectivity index (χ0) is 11.5. The molecule has 0 saturated carbocycles. The summed E-state index contributed by atoms with van der Waals surface area (Å²) >= 11 is 4.98. The lowest BCUT2D eigenvalue weighted by molar-refractivity contribution is 0.870. The van der Waals surface area contributed by atoms with Crippen LogP contribution in [0, 0.1) is 6.92 Å². The lowest BCUT2D eigenvalue weighted by atomic mass is 10.3. The summed E-state index contributed by atoms with van der Waals surface area (Å²) in [5.74, 6) is 0. The molecule has 2 aromatic rings. The highest BCUT2D eigenvalue weighted by molar-refractivity contribution is 9.10. The molecule has 0 atom stereocenters. The van der Waals surface area contributed by atoms with Crippen LogP contribution in [0.4, 0.5) is 5.13 Å². The highest BCUT2D eigenvalue weighted by Crippen LogP contribution is 2.23. The molecule has 3 nitrogen and oxygen atoms in total. The number of pyridine rings is 1. The van der Waals surface area contributed by atoms with Crippen LogP contribution in [-0.2, 0) is 6.54 Å². The molecule has 2 heterocycles. The van der Waals surface area contributed by atoms with Crippen molar-refractivity contribution in [2.24, 2.45) is 0 Å². The van der Waals surface area contributed by atoms with Gasteiger partial charge in [0.2, 0.25) is 0 Å². The summed E-state index contributed by atoms with van der Waals surface area (Å²) in [6.07, 6.45) is 0. The van der Waals surface area contributed by atoms with Crippen LogP contribution in [0.1, 0.15) is 11.4 Å². The van der Waals surface area contributed by atoms with Crippen molar-refractivity contribution in [1.29, 1.82) is 0 Å². The van der Waals surface area contributed by atoms with E-state index in [9.17, 15) is 0 Å². The average Bonchev–Trinajstić information content (AvgIpc) is 2.65. The van der Waals surface area contributed by atoms with Crippen molar-refractivity contribution in [2.75, 3.05) is 11.9 Å². The molecule has 0 aliphatic carbocycles. The molecular weight excluding hydrogens is 286 g/mol. The lowest BCUT2D eigenvalue weighted by Crippen LogP contribution is -2.17. The van der Waals surface area contributed by atoms with Crippen molar-refractivity contribution in [2.45, 2.75) is 13.5 Å². The van der Waals surface area contributed by atoms with E-state index in [0.29, 0.717) is 0 Å². The number of hydrogen-bond donors (Lipinski definition) is 0. The maximum absolute atomic E-state index is 4.47. The molecule has 0 radical (unpaired) electrons. The SMILES string of the molecule is Cc1cccc(CN(C)c2nc(Br)cs2)n1. The molecule has 0 unspecified atom stereocenters. The lowest BCUT2D eigenvalue weighted by Gasteiger charge is -2.15. The van der Waals surface area contributed by atoms with Gasteiger partial charge in [-0.15, -0.1) is 11.3 Å². The molecule has 0 aromatic carbocycles. The van der Waals surface area contributed by atoms with Crippen molar-refractivity contribution >= 4 is 32.4 Å². The highest BCUT2D eigenvalue weighted by atomic mass is 79.9. The Bertz CT molecular complexity index is 484. The number of aromatic nitrogens is 2. The molecular formula is C11H12BrN3S. The third kappa shape index (κ3) is 2.80. The van der Waals surface area contributed by atoms with Crippen LogP contribution < -0.4 is 4.90 Å². The van der Waals surface area contributed by atoms with Gasteiger partial charge in [0.05, 0.1) is 12.2 Å². The zero-order valence-electron chi connectivity index (χ0n) is 9.14. The second kappa shape index (κ2) is 4.93. The van der Waals surface area contributed by atoms with Gasteiger partial charge in [0.25, 0.3) is 0 Å². The Kier molecular flexibility index (Phi) is 3.56. The van der Waals surface area contributed by atoms with E-state index in [1.165, 1.54) is 0 Å². The molecule has 0 spiro atoms. The molecule has 0 N–H and O–H groups in total. The Morgan fingerprint density at radius 2 is 2.19 bits per heavy atom. The molecule has 0 saturated heterocycles. The molecule has 0 aliphatic heterocycles. The quantitative estimate of drug-likeness (QED) is 0.871. The molecule has 5 heteroatoms. The van der Waals surface area contributed by atoms with E-state index in [2.05, 4.69) is 30.8 Å². The van der Waals surface area contributed by atoms with Crippen LogP contribution in [0.2, 0.25) is 0 Å². The van der Waals surface area contributed by atoms with Gasteiger partial charge in [0.15, 0.2) is 5.13 Å². The number of anilines is 1. The van der Waals surface area contributed by atoms with Gasteiger partial charge in [-0.25, -0.2) is 4.98 Å². The van der Waals surface area contributed by atoms with Crippen molar-refractivity contribution in [1.82, 2.24) is 9.97 Å². The largest absolute Gasteiger partial charge is 0.345 e. The summed E-state index contributed by atoms with van der Waals surface area (Å²) in [6, 6.07) is 6.07. The summed E-state index contributed by atoms with van der Waals surface area (Å²) in [4.78, 5) is 10.9. The maximum Gasteiger partial charge on any atom is 0.186 e. The van der Waals surface area contributed by atoms with Crippen LogP contribution in [0.3, 0.4) is 0 Å². The maximum atomic E-state index is 4.47. The third-order valence-corrected chi connectivity index (χ3v) is 3.80. The Morgan fingerprint density at radius 3 is 2.81 bits per heavy atom. The van der Waals surface area contributed by atoms with Gasteiger partial charge < -0.3 is 4.90 Å². The monoisotopic (exact) mass is 297 g/mol. The van der Waals surface area contributed by atoms with E-state index in [1.54, 1.807) is 11.3 Å². The number of rotatable bonds is 3. The normalized spacial score (nSPS) is 10.4. The molecule has 0 amide bonds. The van der Waals surface area contributed by atoms with Gasteiger partial charge in [0.1, 0.15) is 4.60 Å². The van der Waals surface area contributed by atoms with E-state index in [0.717, 1.165) is 27.7 Å². The number of nitrogens with zero attached hydrogens (tertiary/aromatic N) is 3. The molecule has 0 fully saturated rings. The molecule has 84 valence electrons. The third-order valence-electron chi connectivity index (χ3n) is 2.14. The van der Waals surface area contributed by atoms with Crippen molar-refractivity contribution in [3.05, 3.63) is 39.6 Å². The first-order valence-corrected chi connectivity index (χ1v) is 6.57. The van der Waals surface area contributed by atoms with Crippen molar-refractivity contribution in [3.63, 3.8) is 0 Å². The van der Waals surface area contributed by atoms with Gasteiger partial charge >= 0.3 is 0 Å². The van der Waals surface area contributed by atoms with E-state index in [-0.39, 0.29) is 0 Å². The predicted molar refractivity (Wildman–Crippen MR) is 70.9 cm³/mol. The van der Waals surface area contributed by atoms with E-state index >= 15 is 0 Å². The summed E-state index contributed by atoms with van der Waals surface area (Å²) in [7, 11) is 2.02. The summed E-state index contributed by atoms with van der Waals surface area (Å²) < 4.78 is 0.886. The summed E-state index contributed by atoms with van der Waals surface area (Å²) in [5, 5.41) is 2.98. The van der Waals surface area contributed by atoms with E-state index in [1.807, 2.05) is 37.6 Å². The van der Waals surface area contributed by atoms with Crippen LogP contribution in [0.5, 0.6) is 0 Å². The fourth-order valence-electron chi connectivity index (χ4n) is 1.42. The zero-order valence-corrected chi connectivity index (χ0v) is 11.5. The molecule has 16 heavy (non-hydrogen) atoms. The van der Waals surface area contributed by atoms with E-state index < -0.39 is 0 Å². The standard InChI is InChI=1S/C11H12BrN3S/c1-8-4-3-5-9(13-8)6-15(2)11-14-10(12)7-16-11/h3-5,7H,6H2,1-2H3. The number of aryl methyl sites for hydroxylation is 1. The van der Waals surface area contributed by atoms with E-state index in [4.69, 9.17) is 0 Å². The topological polar surface area (TPSA) is 29.0 Å². The second-order valence-corrected chi connectivity index (χ2v) is 5.23. The molecule has 0 bridgehead atoms. The minimum absolute atomic E-state index is 0.779. The summed E-state index contributed by atoms with van der Waals surface area (Å²) in [5.41, 5.74) is 2.11. The Hall–Kier alpha value is -0.940. The van der Waals surface area contributed by atoms with Gasteiger partial charge in [-0.1, -0.05) is 6.07 Å². The smallest absolute Gasteiger partial charge is 0.186 e. The fourth-order valence-corrected chi connectivity index (χ4v) is 2.64. The molecule has 0 aliphatic rings.